The minimum atomic E-state index is 0.531. The molecule has 1 heterocycles. The van der Waals surface area contributed by atoms with E-state index in [-0.39, 0.29) is 0 Å². The molecule has 1 aromatic carbocycles. The molecule has 3 heteroatoms. The second kappa shape index (κ2) is 5.70. The van der Waals surface area contributed by atoms with Gasteiger partial charge in [0.15, 0.2) is 0 Å². The molecule has 20 heavy (non-hydrogen) atoms. The maximum absolute atomic E-state index is 4.50. The second-order valence-corrected chi connectivity index (χ2v) is 5.97. The van der Waals surface area contributed by atoms with Crippen LogP contribution in [0.4, 0.5) is 5.95 Å². The van der Waals surface area contributed by atoms with Crippen LogP contribution in [0.2, 0.25) is 0 Å². The van der Waals surface area contributed by atoms with Crippen molar-refractivity contribution >= 4 is 5.95 Å². The summed E-state index contributed by atoms with van der Waals surface area (Å²) in [4.78, 5) is 4.50. The lowest BCUT2D eigenvalue weighted by Gasteiger charge is -2.34. The normalized spacial score (nSPS) is 26.4. The van der Waals surface area contributed by atoms with Gasteiger partial charge in [-0.15, -0.1) is 0 Å². The van der Waals surface area contributed by atoms with Gasteiger partial charge >= 0.3 is 0 Å². The second-order valence-electron chi connectivity index (χ2n) is 5.97. The number of anilines is 1. The maximum Gasteiger partial charge on any atom is 0.207 e. The Morgan fingerprint density at radius 3 is 2.75 bits per heavy atom. The summed E-state index contributed by atoms with van der Waals surface area (Å²) in [5.74, 6) is 2.45. The fraction of sp³-hybridized carbons (Fsp3) is 0.471. The van der Waals surface area contributed by atoms with E-state index in [1.165, 1.54) is 19.3 Å². The maximum atomic E-state index is 4.50. The highest BCUT2D eigenvalue weighted by Gasteiger charge is 2.27. The molecule has 1 saturated carbocycles. The van der Waals surface area contributed by atoms with Crippen molar-refractivity contribution in [2.24, 2.45) is 11.8 Å². The number of hydrogen-bond acceptors (Lipinski definition) is 2. The van der Waals surface area contributed by atoms with Gasteiger partial charge in [0.1, 0.15) is 0 Å². The first-order valence-electron chi connectivity index (χ1n) is 7.61. The molecule has 3 atom stereocenters. The SMILES string of the molecule is CC1CCCC(Nc2nccn2-c2ccccc2)C1C. The first kappa shape index (κ1) is 13.2. The molecule has 3 unspecified atom stereocenters. The van der Waals surface area contributed by atoms with Crippen LogP contribution in [-0.2, 0) is 0 Å². The monoisotopic (exact) mass is 269 g/mol. The van der Waals surface area contributed by atoms with Gasteiger partial charge in [-0.2, -0.15) is 0 Å². The van der Waals surface area contributed by atoms with Crippen LogP contribution in [0, 0.1) is 11.8 Å². The van der Waals surface area contributed by atoms with E-state index >= 15 is 0 Å². The number of benzene rings is 1. The van der Waals surface area contributed by atoms with Crippen molar-refractivity contribution in [3.05, 3.63) is 42.7 Å². The van der Waals surface area contributed by atoms with Gasteiger partial charge in [0.2, 0.25) is 5.95 Å². The van der Waals surface area contributed by atoms with Gasteiger partial charge in [0, 0.05) is 24.1 Å². The molecule has 2 aromatic rings. The molecule has 1 N–H and O–H groups in total. The first-order chi connectivity index (χ1) is 9.75. The molecule has 0 saturated heterocycles. The van der Waals surface area contributed by atoms with Crippen LogP contribution in [0.1, 0.15) is 33.1 Å². The third kappa shape index (κ3) is 2.58. The van der Waals surface area contributed by atoms with Gasteiger partial charge in [-0.3, -0.25) is 4.57 Å². The number of imidazole rings is 1. The van der Waals surface area contributed by atoms with E-state index in [0.717, 1.165) is 17.6 Å². The summed E-state index contributed by atoms with van der Waals surface area (Å²) in [6.45, 7) is 4.72. The molecule has 0 aliphatic heterocycles. The average Bonchev–Trinajstić information content (AvgIpc) is 2.93. The van der Waals surface area contributed by atoms with Crippen LogP contribution in [0.25, 0.3) is 5.69 Å². The summed E-state index contributed by atoms with van der Waals surface area (Å²) < 4.78 is 2.13. The molecular formula is C17H23N3. The average molecular weight is 269 g/mol. The molecule has 1 aliphatic rings. The predicted octanol–water partition coefficient (Wildman–Crippen LogP) is 4.11. The number of para-hydroxylation sites is 1. The molecule has 1 aromatic heterocycles. The van der Waals surface area contributed by atoms with Crippen LogP contribution in [0.3, 0.4) is 0 Å². The van der Waals surface area contributed by atoms with Crippen LogP contribution in [0.5, 0.6) is 0 Å². The first-order valence-corrected chi connectivity index (χ1v) is 7.61. The zero-order chi connectivity index (χ0) is 13.9. The fourth-order valence-electron chi connectivity index (χ4n) is 3.16. The van der Waals surface area contributed by atoms with Crippen LogP contribution in [-0.4, -0.2) is 15.6 Å². The minimum absolute atomic E-state index is 0.531. The summed E-state index contributed by atoms with van der Waals surface area (Å²) in [7, 11) is 0. The highest BCUT2D eigenvalue weighted by atomic mass is 15.2. The van der Waals surface area contributed by atoms with Gasteiger partial charge in [0.05, 0.1) is 0 Å². The molecule has 106 valence electrons. The van der Waals surface area contributed by atoms with E-state index in [0.29, 0.717) is 12.0 Å². The molecule has 3 rings (SSSR count). The van der Waals surface area contributed by atoms with Gasteiger partial charge in [-0.05, 0) is 30.4 Å². The Morgan fingerprint density at radius 1 is 1.15 bits per heavy atom. The zero-order valence-corrected chi connectivity index (χ0v) is 12.3. The van der Waals surface area contributed by atoms with Crippen LogP contribution < -0.4 is 5.32 Å². The molecule has 0 bridgehead atoms. The quantitative estimate of drug-likeness (QED) is 0.908. The van der Waals surface area contributed by atoms with Crippen molar-refractivity contribution in [1.82, 2.24) is 9.55 Å². The Kier molecular flexibility index (Phi) is 3.77. The Hall–Kier alpha value is -1.77. The van der Waals surface area contributed by atoms with Crippen molar-refractivity contribution < 1.29 is 0 Å². The molecule has 0 amide bonds. The van der Waals surface area contributed by atoms with Gasteiger partial charge < -0.3 is 5.32 Å². The third-order valence-corrected chi connectivity index (χ3v) is 4.70. The molecule has 0 spiro atoms. The smallest absolute Gasteiger partial charge is 0.207 e. The highest BCUT2D eigenvalue weighted by Crippen LogP contribution is 2.31. The van der Waals surface area contributed by atoms with E-state index in [2.05, 4.69) is 53.0 Å². The zero-order valence-electron chi connectivity index (χ0n) is 12.3. The van der Waals surface area contributed by atoms with E-state index in [1.807, 2.05) is 18.5 Å². The Balaban J connectivity index is 1.80. The molecule has 1 fully saturated rings. The largest absolute Gasteiger partial charge is 0.352 e. The number of aromatic nitrogens is 2. The lowest BCUT2D eigenvalue weighted by molar-refractivity contribution is 0.252. The summed E-state index contributed by atoms with van der Waals surface area (Å²) in [5, 5.41) is 3.66. The Bertz CT molecular complexity index is 546. The van der Waals surface area contributed by atoms with Gasteiger partial charge in [-0.1, -0.05) is 44.9 Å². The van der Waals surface area contributed by atoms with E-state index < -0.39 is 0 Å². The topological polar surface area (TPSA) is 29.9 Å². The van der Waals surface area contributed by atoms with E-state index in [9.17, 15) is 0 Å². The molecule has 3 nitrogen and oxygen atoms in total. The fourth-order valence-corrected chi connectivity index (χ4v) is 3.16. The van der Waals surface area contributed by atoms with Crippen molar-refractivity contribution in [1.29, 1.82) is 0 Å². The van der Waals surface area contributed by atoms with Gasteiger partial charge in [0.25, 0.3) is 0 Å². The lowest BCUT2D eigenvalue weighted by Crippen LogP contribution is -2.35. The summed E-state index contributed by atoms with van der Waals surface area (Å²) in [6, 6.07) is 10.9. The number of nitrogens with zero attached hydrogens (tertiary/aromatic N) is 2. The Labute approximate surface area is 121 Å². The number of nitrogens with one attached hydrogen (secondary N) is 1. The summed E-state index contributed by atoms with van der Waals surface area (Å²) in [5.41, 5.74) is 1.16. The predicted molar refractivity (Wildman–Crippen MR) is 83.2 cm³/mol. The van der Waals surface area contributed by atoms with Crippen LogP contribution in [0.15, 0.2) is 42.7 Å². The minimum Gasteiger partial charge on any atom is -0.352 e. The van der Waals surface area contributed by atoms with Crippen LogP contribution >= 0.6 is 0 Å². The van der Waals surface area contributed by atoms with Crippen molar-refractivity contribution in [2.45, 2.75) is 39.2 Å². The standard InChI is InChI=1S/C17H23N3/c1-13-7-6-10-16(14(13)2)19-17-18-11-12-20(17)15-8-4-3-5-9-15/h3-5,8-9,11-14,16H,6-7,10H2,1-2H3,(H,18,19). The number of rotatable bonds is 3. The third-order valence-electron chi connectivity index (χ3n) is 4.70. The van der Waals surface area contributed by atoms with E-state index in [1.54, 1.807) is 0 Å². The molecule has 0 radical (unpaired) electrons. The Morgan fingerprint density at radius 2 is 1.95 bits per heavy atom. The summed E-state index contributed by atoms with van der Waals surface area (Å²) >= 11 is 0. The van der Waals surface area contributed by atoms with E-state index in [4.69, 9.17) is 0 Å². The molecule has 1 aliphatic carbocycles. The van der Waals surface area contributed by atoms with Crippen molar-refractivity contribution in [2.75, 3.05) is 5.32 Å². The van der Waals surface area contributed by atoms with Crippen molar-refractivity contribution in [3.63, 3.8) is 0 Å². The van der Waals surface area contributed by atoms with Gasteiger partial charge in [-0.25, -0.2) is 4.98 Å². The number of hydrogen-bond donors (Lipinski definition) is 1. The highest BCUT2D eigenvalue weighted by molar-refractivity contribution is 5.42. The van der Waals surface area contributed by atoms with Crippen molar-refractivity contribution in [3.8, 4) is 5.69 Å². The molecular weight excluding hydrogens is 246 g/mol. The lowest BCUT2D eigenvalue weighted by atomic mass is 9.78. The summed E-state index contributed by atoms with van der Waals surface area (Å²) in [6.07, 6.45) is 7.80.